The number of aromatic nitrogens is 4. The maximum Gasteiger partial charge on any atom is 0.229 e. The SMILES string of the molecule is Cc1nc(C2CC2)nn1CCC1(c2ccccc2)CC1C(=O)Nc1ccc(Cl)cn1. The van der Waals surface area contributed by atoms with Gasteiger partial charge in [0.2, 0.25) is 5.91 Å². The van der Waals surface area contributed by atoms with Gasteiger partial charge in [0, 0.05) is 30.0 Å². The summed E-state index contributed by atoms with van der Waals surface area (Å²) in [6.07, 6.45) is 5.59. The first-order chi connectivity index (χ1) is 14.5. The molecule has 0 saturated heterocycles. The summed E-state index contributed by atoms with van der Waals surface area (Å²) in [6.45, 7) is 2.76. The van der Waals surface area contributed by atoms with E-state index in [4.69, 9.17) is 16.7 Å². The van der Waals surface area contributed by atoms with Crippen molar-refractivity contribution in [2.75, 3.05) is 5.32 Å². The third-order valence-corrected chi connectivity index (χ3v) is 6.53. The Kier molecular flexibility index (Phi) is 4.82. The van der Waals surface area contributed by atoms with Crippen molar-refractivity contribution < 1.29 is 4.79 Å². The van der Waals surface area contributed by atoms with Gasteiger partial charge in [-0.15, -0.1) is 0 Å². The maximum absolute atomic E-state index is 13.0. The van der Waals surface area contributed by atoms with Crippen LogP contribution in [0.1, 0.15) is 48.8 Å². The van der Waals surface area contributed by atoms with Crippen LogP contribution in [0.5, 0.6) is 0 Å². The Balaban J connectivity index is 1.34. The second kappa shape index (κ2) is 7.51. The van der Waals surface area contributed by atoms with E-state index in [2.05, 4.69) is 27.4 Å². The van der Waals surface area contributed by atoms with Gasteiger partial charge in [0.1, 0.15) is 11.6 Å². The highest BCUT2D eigenvalue weighted by Crippen LogP contribution is 2.57. The van der Waals surface area contributed by atoms with E-state index in [1.54, 1.807) is 18.3 Å². The molecule has 1 aromatic carbocycles. The first-order valence-electron chi connectivity index (χ1n) is 10.4. The summed E-state index contributed by atoms with van der Waals surface area (Å²) in [6, 6.07) is 13.8. The van der Waals surface area contributed by atoms with Gasteiger partial charge in [-0.25, -0.2) is 9.97 Å². The van der Waals surface area contributed by atoms with Gasteiger partial charge in [0.05, 0.1) is 5.02 Å². The largest absolute Gasteiger partial charge is 0.310 e. The van der Waals surface area contributed by atoms with Gasteiger partial charge in [-0.3, -0.25) is 9.48 Å². The van der Waals surface area contributed by atoms with Crippen molar-refractivity contribution in [1.29, 1.82) is 0 Å². The van der Waals surface area contributed by atoms with Gasteiger partial charge in [-0.05, 0) is 50.3 Å². The minimum Gasteiger partial charge on any atom is -0.310 e. The predicted molar refractivity (Wildman–Crippen MR) is 115 cm³/mol. The number of pyridine rings is 1. The Bertz CT molecular complexity index is 1060. The van der Waals surface area contributed by atoms with Crippen LogP contribution in [0, 0.1) is 12.8 Å². The van der Waals surface area contributed by atoms with E-state index in [1.807, 2.05) is 29.8 Å². The number of aryl methyl sites for hydroxylation is 2. The molecule has 0 bridgehead atoms. The minimum atomic E-state index is -0.185. The van der Waals surface area contributed by atoms with Gasteiger partial charge < -0.3 is 5.32 Å². The summed E-state index contributed by atoms with van der Waals surface area (Å²) in [5.41, 5.74) is 1.02. The zero-order valence-corrected chi connectivity index (χ0v) is 17.6. The standard InChI is InChI=1S/C23H24ClN5O/c1-15-26-21(16-7-8-16)28-29(15)12-11-23(17-5-3-2-4-6-17)13-19(23)22(30)27-20-10-9-18(24)14-25-20/h2-6,9-10,14,16,19H,7-8,11-13H2,1H3,(H,25,27,30). The molecule has 154 valence electrons. The number of nitrogens with one attached hydrogen (secondary N) is 1. The fourth-order valence-corrected chi connectivity index (χ4v) is 4.41. The maximum atomic E-state index is 13.0. The van der Waals surface area contributed by atoms with E-state index in [0.29, 0.717) is 16.8 Å². The van der Waals surface area contributed by atoms with Crippen molar-refractivity contribution in [3.63, 3.8) is 0 Å². The molecule has 6 nitrogen and oxygen atoms in total. The Hall–Kier alpha value is -2.73. The van der Waals surface area contributed by atoms with E-state index in [0.717, 1.165) is 31.0 Å². The van der Waals surface area contributed by atoms with Crippen molar-refractivity contribution in [2.24, 2.45) is 5.92 Å². The summed E-state index contributed by atoms with van der Waals surface area (Å²) in [5.74, 6) is 2.90. The molecule has 2 aromatic heterocycles. The van der Waals surface area contributed by atoms with Crippen molar-refractivity contribution >= 4 is 23.3 Å². The predicted octanol–water partition coefficient (Wildman–Crippen LogP) is 4.50. The summed E-state index contributed by atoms with van der Waals surface area (Å²) in [5, 5.41) is 8.22. The van der Waals surface area contributed by atoms with Crippen molar-refractivity contribution in [3.8, 4) is 0 Å². The van der Waals surface area contributed by atoms with Crippen molar-refractivity contribution in [2.45, 2.75) is 50.5 Å². The average Bonchev–Trinajstić information content (AvgIpc) is 3.67. The van der Waals surface area contributed by atoms with Crippen LogP contribution in [0.25, 0.3) is 0 Å². The molecule has 2 aliphatic carbocycles. The second-order valence-corrected chi connectivity index (χ2v) is 8.83. The number of carbonyl (C=O) groups excluding carboxylic acids is 1. The number of hydrogen-bond donors (Lipinski definition) is 1. The third kappa shape index (κ3) is 3.72. The van der Waals surface area contributed by atoms with Gasteiger partial charge >= 0.3 is 0 Å². The van der Waals surface area contributed by atoms with Gasteiger partial charge in [-0.1, -0.05) is 41.9 Å². The van der Waals surface area contributed by atoms with Crippen LogP contribution in [0.4, 0.5) is 5.82 Å². The zero-order valence-electron chi connectivity index (χ0n) is 16.9. The molecule has 5 rings (SSSR count). The molecule has 2 atom stereocenters. The van der Waals surface area contributed by atoms with Crippen LogP contribution < -0.4 is 5.32 Å². The Morgan fingerprint density at radius 3 is 2.73 bits per heavy atom. The zero-order chi connectivity index (χ0) is 20.7. The molecule has 2 aliphatic rings. The Labute approximate surface area is 180 Å². The minimum absolute atomic E-state index is 0.00246. The molecule has 1 N–H and O–H groups in total. The topological polar surface area (TPSA) is 72.7 Å². The van der Waals surface area contributed by atoms with Crippen LogP contribution in [0.3, 0.4) is 0 Å². The Morgan fingerprint density at radius 2 is 2.03 bits per heavy atom. The molecule has 2 unspecified atom stereocenters. The quantitative estimate of drug-likeness (QED) is 0.609. The molecule has 1 amide bonds. The van der Waals surface area contributed by atoms with E-state index in [-0.39, 0.29) is 17.2 Å². The number of hydrogen-bond acceptors (Lipinski definition) is 4. The summed E-state index contributed by atoms with van der Waals surface area (Å²) < 4.78 is 2.01. The molecule has 3 aromatic rings. The van der Waals surface area contributed by atoms with Crippen molar-refractivity contribution in [3.05, 3.63) is 70.9 Å². The van der Waals surface area contributed by atoms with Crippen LogP contribution >= 0.6 is 11.6 Å². The smallest absolute Gasteiger partial charge is 0.229 e. The number of rotatable bonds is 7. The molecule has 7 heteroatoms. The highest BCUT2D eigenvalue weighted by molar-refractivity contribution is 6.30. The first kappa shape index (κ1) is 19.2. The number of carbonyl (C=O) groups is 1. The van der Waals surface area contributed by atoms with E-state index < -0.39 is 0 Å². The monoisotopic (exact) mass is 421 g/mol. The highest BCUT2D eigenvalue weighted by atomic mass is 35.5. The van der Waals surface area contributed by atoms with Crippen LogP contribution in [0.15, 0.2) is 48.7 Å². The van der Waals surface area contributed by atoms with Crippen molar-refractivity contribution in [1.82, 2.24) is 19.7 Å². The second-order valence-electron chi connectivity index (χ2n) is 8.39. The lowest BCUT2D eigenvalue weighted by molar-refractivity contribution is -0.117. The fraction of sp³-hybridized carbons (Fsp3) is 0.391. The Morgan fingerprint density at radius 1 is 1.23 bits per heavy atom. The van der Waals surface area contributed by atoms with E-state index >= 15 is 0 Å². The lowest BCUT2D eigenvalue weighted by Crippen LogP contribution is -2.23. The summed E-state index contributed by atoms with van der Waals surface area (Å²) in [7, 11) is 0. The average molecular weight is 422 g/mol. The normalized spacial score (nSPS) is 22.7. The fourth-order valence-electron chi connectivity index (χ4n) is 4.30. The van der Waals surface area contributed by atoms with E-state index in [1.165, 1.54) is 18.4 Å². The molecule has 0 radical (unpaired) electrons. The summed E-state index contributed by atoms with van der Waals surface area (Å²) in [4.78, 5) is 21.8. The van der Waals surface area contributed by atoms with E-state index in [9.17, 15) is 4.79 Å². The molecule has 0 spiro atoms. The first-order valence-corrected chi connectivity index (χ1v) is 10.8. The highest BCUT2D eigenvalue weighted by Gasteiger charge is 2.58. The molecule has 2 heterocycles. The van der Waals surface area contributed by atoms with Gasteiger partial charge in [0.15, 0.2) is 5.82 Å². The number of anilines is 1. The number of halogens is 1. The lowest BCUT2D eigenvalue weighted by Gasteiger charge is -2.18. The number of amides is 1. The molecule has 0 aliphatic heterocycles. The lowest BCUT2D eigenvalue weighted by atomic mass is 9.89. The van der Waals surface area contributed by atoms with Gasteiger partial charge in [-0.2, -0.15) is 5.10 Å². The molecular formula is C23H24ClN5O. The molecule has 2 saturated carbocycles. The summed E-state index contributed by atoms with van der Waals surface area (Å²) >= 11 is 5.90. The third-order valence-electron chi connectivity index (χ3n) is 6.30. The van der Waals surface area contributed by atoms with Gasteiger partial charge in [0.25, 0.3) is 0 Å². The number of benzene rings is 1. The number of nitrogens with zero attached hydrogens (tertiary/aromatic N) is 4. The molecular weight excluding hydrogens is 398 g/mol. The molecule has 2 fully saturated rings. The van der Waals surface area contributed by atoms with Crippen LogP contribution in [0.2, 0.25) is 5.02 Å². The van der Waals surface area contributed by atoms with Crippen LogP contribution in [-0.4, -0.2) is 25.7 Å². The molecule has 30 heavy (non-hydrogen) atoms. The van der Waals surface area contributed by atoms with Crippen LogP contribution in [-0.2, 0) is 16.8 Å².